The van der Waals surface area contributed by atoms with Crippen molar-refractivity contribution in [1.29, 1.82) is 0 Å². The molecule has 2 aromatic carbocycles. The van der Waals surface area contributed by atoms with Gasteiger partial charge in [0.25, 0.3) is 5.91 Å². The summed E-state index contributed by atoms with van der Waals surface area (Å²) in [7, 11) is 0. The first kappa shape index (κ1) is 14.6. The van der Waals surface area contributed by atoms with Gasteiger partial charge in [0.1, 0.15) is 0 Å². The third-order valence-corrected chi connectivity index (χ3v) is 3.82. The molecule has 2 nitrogen and oxygen atoms in total. The number of carbonyl (C=O) groups excluding carboxylic acids is 1. The highest BCUT2D eigenvalue weighted by molar-refractivity contribution is 6.30. The Bertz CT molecular complexity index is 619. The number of aryl methyl sites for hydroxylation is 1. The van der Waals surface area contributed by atoms with E-state index in [1.54, 1.807) is 0 Å². The molecular formula is C17H18ClNO. The standard InChI is InChI=1S/C17H18ClNO/c1-11-5-4-6-16(12(11)2)17(20)19-13(3)14-7-9-15(18)10-8-14/h4-10,13H,1-3H3,(H,19,20)/t13-/m0/s1. The SMILES string of the molecule is Cc1cccc(C(=O)N[C@@H](C)c2ccc(Cl)cc2)c1C. The fourth-order valence-corrected chi connectivity index (χ4v) is 2.23. The van der Waals surface area contributed by atoms with Crippen molar-refractivity contribution < 1.29 is 4.79 Å². The molecule has 0 heterocycles. The van der Waals surface area contributed by atoms with Crippen molar-refractivity contribution in [3.05, 3.63) is 69.7 Å². The Morgan fingerprint density at radius 2 is 1.75 bits per heavy atom. The minimum Gasteiger partial charge on any atom is -0.346 e. The molecule has 0 spiro atoms. The Labute approximate surface area is 124 Å². The molecule has 0 saturated carbocycles. The predicted octanol–water partition coefficient (Wildman–Crippen LogP) is 4.45. The van der Waals surface area contributed by atoms with Gasteiger partial charge in [0.2, 0.25) is 0 Å². The van der Waals surface area contributed by atoms with E-state index < -0.39 is 0 Å². The minimum absolute atomic E-state index is 0.0475. The van der Waals surface area contributed by atoms with Crippen molar-refractivity contribution in [1.82, 2.24) is 5.32 Å². The second-order valence-electron chi connectivity index (χ2n) is 4.99. The van der Waals surface area contributed by atoms with Gasteiger partial charge in [-0.1, -0.05) is 35.9 Å². The monoisotopic (exact) mass is 287 g/mol. The zero-order valence-corrected chi connectivity index (χ0v) is 12.7. The molecule has 0 unspecified atom stereocenters. The summed E-state index contributed by atoms with van der Waals surface area (Å²) >= 11 is 5.87. The van der Waals surface area contributed by atoms with Gasteiger partial charge >= 0.3 is 0 Å². The van der Waals surface area contributed by atoms with Crippen LogP contribution in [0.15, 0.2) is 42.5 Å². The molecule has 2 rings (SSSR count). The third kappa shape index (κ3) is 3.20. The number of rotatable bonds is 3. The van der Waals surface area contributed by atoms with E-state index >= 15 is 0 Å². The lowest BCUT2D eigenvalue weighted by Crippen LogP contribution is -2.27. The number of halogens is 1. The van der Waals surface area contributed by atoms with Gasteiger partial charge in [0.05, 0.1) is 6.04 Å². The summed E-state index contributed by atoms with van der Waals surface area (Å²) in [4.78, 5) is 12.3. The van der Waals surface area contributed by atoms with Crippen LogP contribution in [0, 0.1) is 13.8 Å². The minimum atomic E-state index is -0.0559. The maximum atomic E-state index is 12.3. The topological polar surface area (TPSA) is 29.1 Å². The molecule has 0 aliphatic carbocycles. The number of hydrogen-bond donors (Lipinski definition) is 1. The summed E-state index contributed by atoms with van der Waals surface area (Å²) in [6.07, 6.45) is 0. The van der Waals surface area contributed by atoms with Gasteiger partial charge < -0.3 is 5.32 Å². The molecule has 0 saturated heterocycles. The van der Waals surface area contributed by atoms with E-state index in [4.69, 9.17) is 11.6 Å². The third-order valence-electron chi connectivity index (χ3n) is 3.57. The van der Waals surface area contributed by atoms with Crippen molar-refractivity contribution in [3.63, 3.8) is 0 Å². The molecule has 20 heavy (non-hydrogen) atoms. The normalized spacial score (nSPS) is 12.0. The molecule has 0 aliphatic rings. The largest absolute Gasteiger partial charge is 0.346 e. The van der Waals surface area contributed by atoms with Crippen LogP contribution >= 0.6 is 11.6 Å². The van der Waals surface area contributed by atoms with Crippen LogP contribution in [0.25, 0.3) is 0 Å². The summed E-state index contributed by atoms with van der Waals surface area (Å²) in [6, 6.07) is 13.2. The number of carbonyl (C=O) groups is 1. The first-order valence-electron chi connectivity index (χ1n) is 6.61. The maximum Gasteiger partial charge on any atom is 0.252 e. The molecule has 0 aromatic heterocycles. The number of hydrogen-bond acceptors (Lipinski definition) is 1. The average Bonchev–Trinajstić information content (AvgIpc) is 2.42. The fourth-order valence-electron chi connectivity index (χ4n) is 2.11. The summed E-state index contributed by atoms with van der Waals surface area (Å²) in [6.45, 7) is 5.94. The van der Waals surface area contributed by atoms with Gasteiger partial charge in [-0.05, 0) is 55.7 Å². The molecule has 0 aliphatic heterocycles. The first-order valence-corrected chi connectivity index (χ1v) is 6.99. The number of benzene rings is 2. The van der Waals surface area contributed by atoms with Crippen molar-refractivity contribution in [2.45, 2.75) is 26.8 Å². The van der Waals surface area contributed by atoms with Gasteiger partial charge in [0, 0.05) is 10.6 Å². The van der Waals surface area contributed by atoms with Crippen LogP contribution in [-0.4, -0.2) is 5.91 Å². The van der Waals surface area contributed by atoms with Crippen LogP contribution in [0.2, 0.25) is 5.02 Å². The van der Waals surface area contributed by atoms with Crippen LogP contribution in [0.3, 0.4) is 0 Å². The van der Waals surface area contributed by atoms with Gasteiger partial charge in [-0.25, -0.2) is 0 Å². The summed E-state index contributed by atoms with van der Waals surface area (Å²) < 4.78 is 0. The smallest absolute Gasteiger partial charge is 0.252 e. The van der Waals surface area contributed by atoms with Crippen molar-refractivity contribution in [2.75, 3.05) is 0 Å². The number of amides is 1. The fraction of sp³-hybridized carbons (Fsp3) is 0.235. The highest BCUT2D eigenvalue weighted by Crippen LogP contribution is 2.18. The molecule has 0 radical (unpaired) electrons. The molecule has 0 fully saturated rings. The molecule has 104 valence electrons. The second-order valence-corrected chi connectivity index (χ2v) is 5.43. The molecule has 1 amide bonds. The molecule has 2 aromatic rings. The van der Waals surface area contributed by atoms with Crippen molar-refractivity contribution in [2.24, 2.45) is 0 Å². The zero-order valence-electron chi connectivity index (χ0n) is 11.9. The zero-order chi connectivity index (χ0) is 14.7. The average molecular weight is 288 g/mol. The van der Waals surface area contributed by atoms with Gasteiger partial charge in [-0.2, -0.15) is 0 Å². The quantitative estimate of drug-likeness (QED) is 0.888. The Morgan fingerprint density at radius 1 is 1.10 bits per heavy atom. The predicted molar refractivity (Wildman–Crippen MR) is 83.2 cm³/mol. The van der Waals surface area contributed by atoms with Crippen LogP contribution in [0.4, 0.5) is 0 Å². The van der Waals surface area contributed by atoms with Crippen LogP contribution in [0.1, 0.15) is 40.0 Å². The van der Waals surface area contributed by atoms with E-state index in [1.807, 2.05) is 63.2 Å². The van der Waals surface area contributed by atoms with Crippen molar-refractivity contribution >= 4 is 17.5 Å². The van der Waals surface area contributed by atoms with Crippen molar-refractivity contribution in [3.8, 4) is 0 Å². The summed E-state index contributed by atoms with van der Waals surface area (Å²) in [5.41, 5.74) is 3.91. The summed E-state index contributed by atoms with van der Waals surface area (Å²) in [5, 5.41) is 3.71. The molecule has 1 atom stereocenters. The highest BCUT2D eigenvalue weighted by atomic mass is 35.5. The lowest BCUT2D eigenvalue weighted by Gasteiger charge is -2.16. The second kappa shape index (κ2) is 6.10. The van der Waals surface area contributed by atoms with Gasteiger partial charge in [0.15, 0.2) is 0 Å². The summed E-state index contributed by atoms with van der Waals surface area (Å²) in [5.74, 6) is -0.0475. The number of nitrogens with one attached hydrogen (secondary N) is 1. The van der Waals surface area contributed by atoms with E-state index in [0.29, 0.717) is 5.02 Å². The lowest BCUT2D eigenvalue weighted by molar-refractivity contribution is 0.0939. The molecular weight excluding hydrogens is 270 g/mol. The van der Waals surface area contributed by atoms with E-state index in [1.165, 1.54) is 0 Å². The highest BCUT2D eigenvalue weighted by Gasteiger charge is 2.13. The van der Waals surface area contributed by atoms with E-state index in [-0.39, 0.29) is 11.9 Å². The van der Waals surface area contributed by atoms with E-state index in [9.17, 15) is 4.79 Å². The molecule has 3 heteroatoms. The Hall–Kier alpha value is -1.80. The maximum absolute atomic E-state index is 12.3. The van der Waals surface area contributed by atoms with Crippen LogP contribution in [-0.2, 0) is 0 Å². The Kier molecular flexibility index (Phi) is 4.46. The van der Waals surface area contributed by atoms with Crippen LogP contribution in [0.5, 0.6) is 0 Å². The lowest BCUT2D eigenvalue weighted by atomic mass is 10.0. The van der Waals surface area contributed by atoms with E-state index in [0.717, 1.165) is 22.3 Å². The van der Waals surface area contributed by atoms with Gasteiger partial charge in [-0.3, -0.25) is 4.79 Å². The van der Waals surface area contributed by atoms with Crippen LogP contribution < -0.4 is 5.32 Å². The first-order chi connectivity index (χ1) is 9.49. The van der Waals surface area contributed by atoms with E-state index in [2.05, 4.69) is 5.32 Å². The Morgan fingerprint density at radius 3 is 2.40 bits per heavy atom. The Balaban J connectivity index is 2.15. The van der Waals surface area contributed by atoms with Gasteiger partial charge in [-0.15, -0.1) is 0 Å². The molecule has 0 bridgehead atoms. The molecule has 1 N–H and O–H groups in total.